The third kappa shape index (κ3) is 2.25. The fourth-order valence-corrected chi connectivity index (χ4v) is 2.00. The molecule has 16 heavy (non-hydrogen) atoms. The molecule has 0 radical (unpaired) electrons. The average molecular weight is 219 g/mol. The minimum atomic E-state index is 0.189. The lowest BCUT2D eigenvalue weighted by Gasteiger charge is -2.06. The van der Waals surface area contributed by atoms with Crippen molar-refractivity contribution in [1.29, 1.82) is 0 Å². The van der Waals surface area contributed by atoms with Crippen molar-refractivity contribution in [3.8, 4) is 5.75 Å². The Bertz CT molecular complexity index is 388. The summed E-state index contributed by atoms with van der Waals surface area (Å²) in [4.78, 5) is 12.0. The normalized spacial score (nSPS) is 13.3. The molecule has 1 heterocycles. The van der Waals surface area contributed by atoms with Gasteiger partial charge in [-0.15, -0.1) is 0 Å². The number of hydrogen-bond donors (Lipinski definition) is 1. The molecule has 3 heteroatoms. The Kier molecular flexibility index (Phi) is 3.57. The highest BCUT2D eigenvalue weighted by Gasteiger charge is 2.19. The molecule has 1 aliphatic rings. The summed E-state index contributed by atoms with van der Waals surface area (Å²) in [6, 6.07) is 5.84. The summed E-state index contributed by atoms with van der Waals surface area (Å²) < 4.78 is 5.52. The van der Waals surface area contributed by atoms with Crippen LogP contribution in [0.4, 0.5) is 0 Å². The Balaban J connectivity index is 2.09. The van der Waals surface area contributed by atoms with Gasteiger partial charge in [-0.25, -0.2) is 0 Å². The third-order valence-electron chi connectivity index (χ3n) is 2.85. The zero-order valence-electron chi connectivity index (χ0n) is 9.58. The van der Waals surface area contributed by atoms with Crippen LogP contribution in [0.25, 0.3) is 0 Å². The fourth-order valence-electron chi connectivity index (χ4n) is 2.00. The van der Waals surface area contributed by atoms with Gasteiger partial charge in [-0.2, -0.15) is 0 Å². The molecule has 0 fully saturated rings. The number of nitrogens with one attached hydrogen (secondary N) is 1. The zero-order valence-corrected chi connectivity index (χ0v) is 9.58. The van der Waals surface area contributed by atoms with Gasteiger partial charge >= 0.3 is 0 Å². The lowest BCUT2D eigenvalue weighted by Crippen LogP contribution is -2.10. The van der Waals surface area contributed by atoms with E-state index in [1.165, 1.54) is 5.56 Å². The lowest BCUT2D eigenvalue weighted by molar-refractivity contribution is 0.0977. The van der Waals surface area contributed by atoms with Crippen molar-refractivity contribution in [1.82, 2.24) is 5.32 Å². The van der Waals surface area contributed by atoms with Crippen LogP contribution in [0.1, 0.15) is 28.8 Å². The largest absolute Gasteiger partial charge is 0.492 e. The second kappa shape index (κ2) is 5.12. The smallest absolute Gasteiger partial charge is 0.166 e. The second-order valence-electron chi connectivity index (χ2n) is 4.02. The van der Waals surface area contributed by atoms with Crippen molar-refractivity contribution >= 4 is 5.78 Å². The molecule has 0 aliphatic carbocycles. The van der Waals surface area contributed by atoms with Gasteiger partial charge in [0.1, 0.15) is 5.75 Å². The molecule has 0 saturated heterocycles. The summed E-state index contributed by atoms with van der Waals surface area (Å²) in [6.07, 6.45) is 2.38. The van der Waals surface area contributed by atoms with E-state index >= 15 is 0 Å². The third-order valence-corrected chi connectivity index (χ3v) is 2.85. The SMILES string of the molecule is CNCCCC(=O)c1cccc2c1OCC2. The van der Waals surface area contributed by atoms with Crippen LogP contribution in [0.2, 0.25) is 0 Å². The monoisotopic (exact) mass is 219 g/mol. The molecule has 3 nitrogen and oxygen atoms in total. The minimum absolute atomic E-state index is 0.189. The highest BCUT2D eigenvalue weighted by Crippen LogP contribution is 2.30. The minimum Gasteiger partial charge on any atom is -0.492 e. The van der Waals surface area contributed by atoms with Crippen LogP contribution in [0.3, 0.4) is 0 Å². The first-order valence-corrected chi connectivity index (χ1v) is 5.75. The van der Waals surface area contributed by atoms with E-state index in [9.17, 15) is 4.79 Å². The number of para-hydroxylation sites is 1. The number of rotatable bonds is 5. The molecule has 2 rings (SSSR count). The van der Waals surface area contributed by atoms with Crippen LogP contribution < -0.4 is 10.1 Å². The predicted molar refractivity (Wildman–Crippen MR) is 63.1 cm³/mol. The summed E-state index contributed by atoms with van der Waals surface area (Å²) in [6.45, 7) is 1.58. The van der Waals surface area contributed by atoms with Gasteiger partial charge in [0.05, 0.1) is 12.2 Å². The zero-order chi connectivity index (χ0) is 11.4. The number of Topliss-reactive ketones (excluding diaryl/α,β-unsaturated/α-hetero) is 1. The van der Waals surface area contributed by atoms with E-state index in [4.69, 9.17) is 4.74 Å². The first kappa shape index (κ1) is 11.1. The summed E-state index contributed by atoms with van der Waals surface area (Å²) in [5.74, 6) is 1.01. The van der Waals surface area contributed by atoms with Crippen molar-refractivity contribution in [2.75, 3.05) is 20.2 Å². The topological polar surface area (TPSA) is 38.3 Å². The maximum atomic E-state index is 12.0. The molecule has 1 aromatic carbocycles. The second-order valence-corrected chi connectivity index (χ2v) is 4.02. The van der Waals surface area contributed by atoms with Crippen LogP contribution in [0, 0.1) is 0 Å². The first-order valence-electron chi connectivity index (χ1n) is 5.75. The van der Waals surface area contributed by atoms with E-state index in [1.54, 1.807) is 0 Å². The highest BCUT2D eigenvalue weighted by molar-refractivity contribution is 5.99. The number of ether oxygens (including phenoxy) is 1. The molecule has 86 valence electrons. The molecule has 0 aromatic heterocycles. The molecule has 1 aliphatic heterocycles. The molecule has 0 amide bonds. The lowest BCUT2D eigenvalue weighted by atomic mass is 10.0. The number of ketones is 1. The number of fused-ring (bicyclic) bond motifs is 1. The van der Waals surface area contributed by atoms with Crippen molar-refractivity contribution in [3.05, 3.63) is 29.3 Å². The molecular formula is C13H17NO2. The van der Waals surface area contributed by atoms with Crippen LogP contribution in [-0.2, 0) is 6.42 Å². The number of benzene rings is 1. The molecular weight excluding hydrogens is 202 g/mol. The highest BCUT2D eigenvalue weighted by atomic mass is 16.5. The van der Waals surface area contributed by atoms with Crippen molar-refractivity contribution in [2.24, 2.45) is 0 Å². The average Bonchev–Trinajstić information content (AvgIpc) is 2.76. The van der Waals surface area contributed by atoms with Crippen molar-refractivity contribution in [2.45, 2.75) is 19.3 Å². The molecule has 0 bridgehead atoms. The Morgan fingerprint density at radius 2 is 2.38 bits per heavy atom. The molecule has 1 aromatic rings. The predicted octanol–water partition coefficient (Wildman–Crippen LogP) is 1.80. The summed E-state index contributed by atoms with van der Waals surface area (Å²) in [5.41, 5.74) is 1.92. The quantitative estimate of drug-likeness (QED) is 0.606. The van der Waals surface area contributed by atoms with Gasteiger partial charge in [0, 0.05) is 12.8 Å². The molecule has 1 N–H and O–H groups in total. The van der Waals surface area contributed by atoms with Crippen molar-refractivity contribution < 1.29 is 9.53 Å². The Morgan fingerprint density at radius 3 is 3.19 bits per heavy atom. The fraction of sp³-hybridized carbons (Fsp3) is 0.462. The van der Waals surface area contributed by atoms with E-state index in [1.807, 2.05) is 25.2 Å². The summed E-state index contributed by atoms with van der Waals surface area (Å²) in [7, 11) is 1.90. The first-order chi connectivity index (χ1) is 7.83. The van der Waals surface area contributed by atoms with Crippen LogP contribution >= 0.6 is 0 Å². The van der Waals surface area contributed by atoms with Gasteiger partial charge in [0.15, 0.2) is 5.78 Å². The van der Waals surface area contributed by atoms with Gasteiger partial charge < -0.3 is 10.1 Å². The van der Waals surface area contributed by atoms with Gasteiger partial charge in [-0.05, 0) is 31.6 Å². The van der Waals surface area contributed by atoms with E-state index in [-0.39, 0.29) is 5.78 Å². The summed E-state index contributed by atoms with van der Waals surface area (Å²) >= 11 is 0. The van der Waals surface area contributed by atoms with Gasteiger partial charge in [0.2, 0.25) is 0 Å². The summed E-state index contributed by atoms with van der Waals surface area (Å²) in [5, 5.41) is 3.04. The standard InChI is InChI=1S/C13H17NO2/c1-14-8-3-6-12(15)11-5-2-4-10-7-9-16-13(10)11/h2,4-5,14H,3,6-9H2,1H3. The van der Waals surface area contributed by atoms with Gasteiger partial charge in [0.25, 0.3) is 0 Å². The molecule has 0 atom stereocenters. The van der Waals surface area contributed by atoms with E-state index in [0.29, 0.717) is 13.0 Å². The van der Waals surface area contributed by atoms with E-state index in [2.05, 4.69) is 5.32 Å². The van der Waals surface area contributed by atoms with Crippen LogP contribution in [-0.4, -0.2) is 26.0 Å². The van der Waals surface area contributed by atoms with E-state index in [0.717, 1.165) is 30.7 Å². The Morgan fingerprint density at radius 1 is 1.50 bits per heavy atom. The molecule has 0 unspecified atom stereocenters. The number of hydrogen-bond acceptors (Lipinski definition) is 3. The van der Waals surface area contributed by atoms with Crippen molar-refractivity contribution in [3.63, 3.8) is 0 Å². The maximum Gasteiger partial charge on any atom is 0.166 e. The number of carbonyl (C=O) groups is 1. The van der Waals surface area contributed by atoms with Gasteiger partial charge in [-0.3, -0.25) is 4.79 Å². The Labute approximate surface area is 95.8 Å². The maximum absolute atomic E-state index is 12.0. The van der Waals surface area contributed by atoms with Crippen LogP contribution in [0.5, 0.6) is 5.75 Å². The molecule has 0 spiro atoms. The van der Waals surface area contributed by atoms with Gasteiger partial charge in [-0.1, -0.05) is 12.1 Å². The number of carbonyl (C=O) groups excluding carboxylic acids is 1. The molecule has 0 saturated carbocycles. The Hall–Kier alpha value is -1.35. The van der Waals surface area contributed by atoms with Crippen LogP contribution in [0.15, 0.2) is 18.2 Å². The van der Waals surface area contributed by atoms with E-state index < -0.39 is 0 Å².